The Morgan fingerprint density at radius 2 is 1.69 bits per heavy atom. The zero-order valence-corrected chi connectivity index (χ0v) is 24.5. The van der Waals surface area contributed by atoms with Crippen molar-refractivity contribution in [3.8, 4) is 5.75 Å². The summed E-state index contributed by atoms with van der Waals surface area (Å²) in [4.78, 5) is 17.4. The van der Waals surface area contributed by atoms with Crippen molar-refractivity contribution >= 4 is 50.2 Å². The Morgan fingerprint density at radius 3 is 2.36 bits per heavy atom. The Bertz CT molecular complexity index is 1550. The SMILES string of the molecule is CCCCS(=O)(=O)NC(=O)c1ccc2nc(CC)n(Cc3ccc(OCc4ccc(Cl)c(Cl)c4)cc3)c2c1.[NH4+]. The van der Waals surface area contributed by atoms with Crippen molar-refractivity contribution in [1.82, 2.24) is 20.4 Å². The first-order chi connectivity index (χ1) is 18.2. The third-order valence-corrected chi connectivity index (χ3v) is 8.14. The Morgan fingerprint density at radius 1 is 0.974 bits per heavy atom. The smallest absolute Gasteiger partial charge is 0.264 e. The summed E-state index contributed by atoms with van der Waals surface area (Å²) in [5.74, 6) is 0.863. The highest BCUT2D eigenvalue weighted by Crippen LogP contribution is 2.24. The van der Waals surface area contributed by atoms with Gasteiger partial charge in [0.1, 0.15) is 18.2 Å². The van der Waals surface area contributed by atoms with Crippen molar-refractivity contribution < 1.29 is 17.9 Å². The van der Waals surface area contributed by atoms with Gasteiger partial charge in [-0.05, 0) is 60.0 Å². The number of sulfonamides is 1. The van der Waals surface area contributed by atoms with Crippen molar-refractivity contribution in [2.24, 2.45) is 0 Å². The number of halogens is 2. The van der Waals surface area contributed by atoms with Gasteiger partial charge < -0.3 is 15.5 Å². The summed E-state index contributed by atoms with van der Waals surface area (Å²) < 4.78 is 34.5. The van der Waals surface area contributed by atoms with Gasteiger partial charge in [0.25, 0.3) is 5.91 Å². The number of aryl methyl sites for hydroxylation is 1. The van der Waals surface area contributed by atoms with E-state index in [2.05, 4.69) is 4.72 Å². The molecule has 0 unspecified atom stereocenters. The lowest BCUT2D eigenvalue weighted by Gasteiger charge is -2.11. The first-order valence-electron chi connectivity index (χ1n) is 12.4. The molecule has 0 saturated heterocycles. The van der Waals surface area contributed by atoms with Crippen LogP contribution in [0, 0.1) is 0 Å². The molecule has 8 nitrogen and oxygen atoms in total. The molecule has 0 aliphatic carbocycles. The zero-order valence-electron chi connectivity index (χ0n) is 22.2. The highest BCUT2D eigenvalue weighted by Gasteiger charge is 2.18. The standard InChI is InChI=1S/C28H29Cl2N3O4S.H3N/c1-3-5-14-38(35,36)32-28(34)21-9-13-25-26(16-21)33(27(4-2)31-25)17-19-6-10-22(11-7-19)37-18-20-8-12-23(29)24(30)15-20;/h6-13,15-16H,3-5,14,17-18H2,1-2H3,(H,32,34);1H3/p+1. The second kappa shape index (κ2) is 13.3. The number of imidazole rings is 1. The topological polar surface area (TPSA) is 127 Å². The summed E-state index contributed by atoms with van der Waals surface area (Å²) in [6, 6.07) is 18.2. The average molecular weight is 593 g/mol. The highest BCUT2D eigenvalue weighted by molar-refractivity contribution is 7.90. The van der Waals surface area contributed by atoms with Crippen LogP contribution in [0.5, 0.6) is 5.75 Å². The Balaban J connectivity index is 0.00000420. The Labute approximate surface area is 238 Å². The van der Waals surface area contributed by atoms with Crippen LogP contribution < -0.4 is 15.6 Å². The second-order valence-corrected chi connectivity index (χ2v) is 11.6. The maximum atomic E-state index is 12.7. The lowest BCUT2D eigenvalue weighted by Crippen LogP contribution is -2.32. The number of rotatable bonds is 11. The molecule has 0 saturated carbocycles. The van der Waals surface area contributed by atoms with E-state index in [0.717, 1.165) is 34.4 Å². The van der Waals surface area contributed by atoms with Crippen LogP contribution in [-0.4, -0.2) is 29.6 Å². The lowest BCUT2D eigenvalue weighted by molar-refractivity contribution is 0.0981. The van der Waals surface area contributed by atoms with Crippen LogP contribution in [0.4, 0.5) is 0 Å². The summed E-state index contributed by atoms with van der Waals surface area (Å²) in [7, 11) is -3.68. The fourth-order valence-electron chi connectivity index (χ4n) is 4.02. The first kappa shape index (κ1) is 30.4. The number of fused-ring (bicyclic) bond motifs is 1. The van der Waals surface area contributed by atoms with E-state index in [4.69, 9.17) is 32.9 Å². The molecule has 5 N–H and O–H groups in total. The normalized spacial score (nSPS) is 11.3. The van der Waals surface area contributed by atoms with Gasteiger partial charge in [-0.2, -0.15) is 0 Å². The van der Waals surface area contributed by atoms with Crippen LogP contribution in [-0.2, 0) is 29.6 Å². The van der Waals surface area contributed by atoms with Gasteiger partial charge in [0.15, 0.2) is 0 Å². The second-order valence-electron chi connectivity index (χ2n) is 8.96. The highest BCUT2D eigenvalue weighted by atomic mass is 35.5. The van der Waals surface area contributed by atoms with Gasteiger partial charge in [0.2, 0.25) is 10.0 Å². The van der Waals surface area contributed by atoms with E-state index in [9.17, 15) is 13.2 Å². The van der Waals surface area contributed by atoms with Crippen LogP contribution >= 0.6 is 23.2 Å². The maximum Gasteiger partial charge on any atom is 0.264 e. The number of ether oxygens (including phenoxy) is 1. The molecule has 11 heteroatoms. The summed E-state index contributed by atoms with van der Waals surface area (Å²) in [6.45, 7) is 4.82. The summed E-state index contributed by atoms with van der Waals surface area (Å²) in [5.41, 5.74) is 3.72. The molecule has 0 atom stereocenters. The molecule has 208 valence electrons. The van der Waals surface area contributed by atoms with E-state index in [-0.39, 0.29) is 17.5 Å². The van der Waals surface area contributed by atoms with Gasteiger partial charge in [-0.3, -0.25) is 4.79 Å². The van der Waals surface area contributed by atoms with E-state index in [1.54, 1.807) is 30.3 Å². The molecular formula is C28H33Cl2N4O4S+. The molecule has 3 aromatic carbocycles. The lowest BCUT2D eigenvalue weighted by atomic mass is 10.1. The number of unbranched alkanes of at least 4 members (excludes halogenated alkanes) is 1. The minimum absolute atomic E-state index is 0. The van der Waals surface area contributed by atoms with Crippen molar-refractivity contribution in [2.75, 3.05) is 5.75 Å². The quantitative estimate of drug-likeness (QED) is 0.199. The molecule has 0 aliphatic rings. The predicted molar refractivity (Wildman–Crippen MR) is 158 cm³/mol. The number of hydrogen-bond acceptors (Lipinski definition) is 5. The number of amides is 1. The Kier molecular flexibility index (Phi) is 10.4. The minimum atomic E-state index is -3.68. The van der Waals surface area contributed by atoms with Crippen molar-refractivity contribution in [2.45, 2.75) is 46.3 Å². The molecule has 1 aromatic heterocycles. The molecule has 4 rings (SSSR count). The van der Waals surface area contributed by atoms with Crippen LogP contribution in [0.3, 0.4) is 0 Å². The molecule has 0 radical (unpaired) electrons. The van der Waals surface area contributed by atoms with E-state index < -0.39 is 15.9 Å². The van der Waals surface area contributed by atoms with E-state index in [1.807, 2.05) is 48.7 Å². The third-order valence-electron chi connectivity index (χ3n) is 6.07. The number of carbonyl (C=O) groups is 1. The van der Waals surface area contributed by atoms with Gasteiger partial charge in [-0.1, -0.05) is 61.7 Å². The van der Waals surface area contributed by atoms with Crippen LogP contribution in [0.15, 0.2) is 60.7 Å². The van der Waals surface area contributed by atoms with Gasteiger partial charge in [0.05, 0.1) is 26.8 Å². The van der Waals surface area contributed by atoms with Crippen molar-refractivity contribution in [1.29, 1.82) is 0 Å². The van der Waals surface area contributed by atoms with Crippen LogP contribution in [0.2, 0.25) is 10.0 Å². The zero-order chi connectivity index (χ0) is 27.3. The number of hydrogen-bond donors (Lipinski definition) is 2. The number of nitrogens with one attached hydrogen (secondary N) is 1. The van der Waals surface area contributed by atoms with Crippen LogP contribution in [0.1, 0.15) is 54.0 Å². The monoisotopic (exact) mass is 591 g/mol. The molecule has 0 bridgehead atoms. The molecular weight excluding hydrogens is 559 g/mol. The molecule has 1 heterocycles. The average Bonchev–Trinajstić information content (AvgIpc) is 3.25. The van der Waals surface area contributed by atoms with Gasteiger partial charge in [0, 0.05) is 18.5 Å². The molecule has 0 spiro atoms. The number of aromatic nitrogens is 2. The number of quaternary nitrogens is 1. The Hall–Kier alpha value is -3.11. The minimum Gasteiger partial charge on any atom is -0.489 e. The summed E-state index contributed by atoms with van der Waals surface area (Å²) in [6.07, 6.45) is 1.92. The first-order valence-corrected chi connectivity index (χ1v) is 14.8. The predicted octanol–water partition coefficient (Wildman–Crippen LogP) is 6.77. The molecule has 4 aromatic rings. The van der Waals surface area contributed by atoms with Gasteiger partial charge in [-0.25, -0.2) is 18.1 Å². The number of benzene rings is 3. The largest absolute Gasteiger partial charge is 0.489 e. The molecule has 0 aliphatic heterocycles. The molecule has 1 amide bonds. The van der Waals surface area contributed by atoms with E-state index >= 15 is 0 Å². The molecule has 39 heavy (non-hydrogen) atoms. The fraction of sp³-hybridized carbons (Fsp3) is 0.286. The summed E-state index contributed by atoms with van der Waals surface area (Å²) >= 11 is 12.1. The summed E-state index contributed by atoms with van der Waals surface area (Å²) in [5, 5.41) is 0.990. The van der Waals surface area contributed by atoms with Crippen molar-refractivity contribution in [3.63, 3.8) is 0 Å². The van der Waals surface area contributed by atoms with Crippen molar-refractivity contribution in [3.05, 3.63) is 93.2 Å². The number of carbonyl (C=O) groups excluding carboxylic acids is 1. The van der Waals surface area contributed by atoms with Gasteiger partial charge >= 0.3 is 0 Å². The van der Waals surface area contributed by atoms with Gasteiger partial charge in [-0.15, -0.1) is 0 Å². The number of nitrogens with zero attached hydrogens (tertiary/aromatic N) is 2. The fourth-order valence-corrected chi connectivity index (χ4v) is 5.51. The van der Waals surface area contributed by atoms with Crippen LogP contribution in [0.25, 0.3) is 11.0 Å². The van der Waals surface area contributed by atoms with E-state index in [0.29, 0.717) is 41.8 Å². The molecule has 0 fully saturated rings. The maximum absolute atomic E-state index is 12.7. The third kappa shape index (κ3) is 7.73. The van der Waals surface area contributed by atoms with E-state index in [1.165, 1.54) is 0 Å².